The van der Waals surface area contributed by atoms with E-state index in [0.717, 1.165) is 6.07 Å². The van der Waals surface area contributed by atoms with E-state index < -0.39 is 41.0 Å². The van der Waals surface area contributed by atoms with Gasteiger partial charge in [0.05, 0.1) is 24.1 Å². The molecule has 2 rings (SSSR count). The Bertz CT molecular complexity index is 925. The second-order valence-electron chi connectivity index (χ2n) is 6.27. The summed E-state index contributed by atoms with van der Waals surface area (Å²) in [4.78, 5) is 23.2. The lowest BCUT2D eigenvalue weighted by Gasteiger charge is -2.13. The number of hydrogen-bond acceptors (Lipinski definition) is 6. The molecule has 1 amide bonds. The van der Waals surface area contributed by atoms with Gasteiger partial charge < -0.3 is 20.8 Å². The predicted octanol–water partition coefficient (Wildman–Crippen LogP) is 3.75. The van der Waals surface area contributed by atoms with Crippen LogP contribution >= 0.6 is 27.5 Å². The van der Waals surface area contributed by atoms with Gasteiger partial charge in [-0.2, -0.15) is 8.78 Å². The van der Waals surface area contributed by atoms with Crippen LogP contribution < -0.4 is 10.6 Å². The van der Waals surface area contributed by atoms with Gasteiger partial charge in [0.25, 0.3) is 11.6 Å². The first-order chi connectivity index (χ1) is 14.0. The van der Waals surface area contributed by atoms with E-state index in [4.69, 9.17) is 16.7 Å². The zero-order chi connectivity index (χ0) is 22.5. The molecule has 0 saturated heterocycles. The second kappa shape index (κ2) is 10.1. The Balaban J connectivity index is 2.20. The number of nitro groups is 1. The molecular weight excluding hydrogens is 492 g/mol. The summed E-state index contributed by atoms with van der Waals surface area (Å²) in [5.74, 6) is -0.656. The number of nitrogens with one attached hydrogen (secondary N) is 2. The van der Waals surface area contributed by atoms with Crippen LogP contribution in [0.5, 0.6) is 0 Å². The van der Waals surface area contributed by atoms with Crippen LogP contribution in [-0.4, -0.2) is 45.7 Å². The first kappa shape index (κ1) is 23.9. The molecule has 0 unspecified atom stereocenters. The molecule has 0 fully saturated rings. The molecule has 0 heterocycles. The van der Waals surface area contributed by atoms with Crippen molar-refractivity contribution in [2.24, 2.45) is 0 Å². The van der Waals surface area contributed by atoms with Gasteiger partial charge in [0.2, 0.25) is 0 Å². The van der Waals surface area contributed by atoms with Gasteiger partial charge in [-0.1, -0.05) is 12.1 Å². The third-order valence-electron chi connectivity index (χ3n) is 3.87. The maximum atomic E-state index is 12.8. The molecule has 1 atom stereocenters. The zero-order valence-electron chi connectivity index (χ0n) is 15.2. The number of alkyl halides is 3. The minimum Gasteiger partial charge on any atom is -0.394 e. The highest BCUT2D eigenvalue weighted by Gasteiger charge is 2.25. The maximum Gasteiger partial charge on any atom is 0.325 e. The van der Waals surface area contributed by atoms with Crippen molar-refractivity contribution >= 4 is 50.5 Å². The number of aliphatic hydroxyl groups excluding tert-OH is 2. The third-order valence-corrected chi connectivity index (χ3v) is 4.63. The molecule has 0 saturated carbocycles. The van der Waals surface area contributed by atoms with E-state index in [-0.39, 0.29) is 27.8 Å². The summed E-state index contributed by atoms with van der Waals surface area (Å²) >= 11 is 8.05. The van der Waals surface area contributed by atoms with Crippen molar-refractivity contribution < 1.29 is 28.7 Å². The molecular formula is C18H17BrClF2N3O5. The van der Waals surface area contributed by atoms with Crippen molar-refractivity contribution in [3.8, 4) is 0 Å². The normalized spacial score (nSPS) is 12.3. The van der Waals surface area contributed by atoms with Crippen LogP contribution in [0.15, 0.2) is 40.9 Å². The Morgan fingerprint density at radius 3 is 2.47 bits per heavy atom. The number of rotatable bonds is 9. The van der Waals surface area contributed by atoms with E-state index in [1.807, 2.05) is 0 Å². The lowest BCUT2D eigenvalue weighted by atomic mass is 10.1. The highest BCUT2D eigenvalue weighted by molar-refractivity contribution is 9.10. The van der Waals surface area contributed by atoms with Gasteiger partial charge in [0.15, 0.2) is 0 Å². The van der Waals surface area contributed by atoms with E-state index in [2.05, 4.69) is 26.6 Å². The zero-order valence-corrected chi connectivity index (χ0v) is 17.6. The van der Waals surface area contributed by atoms with Crippen molar-refractivity contribution in [3.05, 3.63) is 62.1 Å². The summed E-state index contributed by atoms with van der Waals surface area (Å²) in [6, 6.07) is 7.97. The number of halogens is 4. The van der Waals surface area contributed by atoms with Crippen LogP contribution in [0, 0.1) is 10.1 Å². The number of amides is 1. The van der Waals surface area contributed by atoms with Gasteiger partial charge in [-0.05, 0) is 51.3 Å². The van der Waals surface area contributed by atoms with Gasteiger partial charge >= 0.3 is 5.38 Å². The van der Waals surface area contributed by atoms with E-state index in [0.29, 0.717) is 5.69 Å². The molecule has 0 aliphatic rings. The monoisotopic (exact) mass is 507 g/mol. The van der Waals surface area contributed by atoms with Gasteiger partial charge in [0.1, 0.15) is 5.69 Å². The topological polar surface area (TPSA) is 125 Å². The molecule has 2 aromatic carbocycles. The van der Waals surface area contributed by atoms with Crippen LogP contribution in [-0.2, 0) is 6.42 Å². The Morgan fingerprint density at radius 1 is 1.30 bits per heavy atom. The lowest BCUT2D eigenvalue weighted by molar-refractivity contribution is -0.384. The van der Waals surface area contributed by atoms with E-state index in [1.54, 1.807) is 0 Å². The molecule has 30 heavy (non-hydrogen) atoms. The fourth-order valence-electron chi connectivity index (χ4n) is 2.47. The van der Waals surface area contributed by atoms with E-state index in [1.165, 1.54) is 30.3 Å². The van der Waals surface area contributed by atoms with Crippen LogP contribution in [0.1, 0.15) is 15.9 Å². The van der Waals surface area contributed by atoms with Crippen molar-refractivity contribution in [1.29, 1.82) is 0 Å². The quantitative estimate of drug-likeness (QED) is 0.232. The molecule has 0 spiro atoms. The van der Waals surface area contributed by atoms with Crippen LogP contribution in [0.4, 0.5) is 25.8 Å². The van der Waals surface area contributed by atoms with Gasteiger partial charge in [-0.3, -0.25) is 14.9 Å². The fourth-order valence-corrected chi connectivity index (χ4v) is 3.21. The van der Waals surface area contributed by atoms with Gasteiger partial charge in [-0.25, -0.2) is 0 Å². The number of nitrogens with zero attached hydrogens (tertiary/aromatic N) is 1. The smallest absolute Gasteiger partial charge is 0.325 e. The van der Waals surface area contributed by atoms with Crippen molar-refractivity contribution in [1.82, 2.24) is 0 Å². The molecule has 0 aliphatic carbocycles. The third kappa shape index (κ3) is 6.87. The summed E-state index contributed by atoms with van der Waals surface area (Å²) in [5, 5.41) is 31.5. The Labute approximate surface area is 183 Å². The second-order valence-corrected chi connectivity index (χ2v) is 7.68. The molecule has 4 N–H and O–H groups in total. The Kier molecular flexibility index (Phi) is 8.07. The number of benzene rings is 2. The predicted molar refractivity (Wildman–Crippen MR) is 111 cm³/mol. The number of aliphatic hydroxyl groups is 2. The maximum absolute atomic E-state index is 12.8. The standard InChI is InChI=1S/C18H17BrClF2N3O5/c19-14-5-11(6-15(25(29)30)16(14)23-8-13(27)9-26)17(28)24-12-3-1-10(2-4-12)7-18(20,21)22/h1-6,13,23,26-27H,7-9H2,(H,24,28)/t13-/m0/s1. The van der Waals surface area contributed by atoms with Gasteiger partial charge in [0, 0.05) is 28.3 Å². The largest absolute Gasteiger partial charge is 0.394 e. The number of carbonyl (C=O) groups is 1. The average molecular weight is 509 g/mol. The first-order valence-electron chi connectivity index (χ1n) is 8.48. The highest BCUT2D eigenvalue weighted by atomic mass is 79.9. The molecule has 0 aromatic heterocycles. The molecule has 2 aromatic rings. The van der Waals surface area contributed by atoms with Crippen LogP contribution in [0.25, 0.3) is 0 Å². The highest BCUT2D eigenvalue weighted by Crippen LogP contribution is 2.34. The minimum atomic E-state index is -3.38. The summed E-state index contributed by atoms with van der Waals surface area (Å²) in [6.07, 6.45) is -1.79. The van der Waals surface area contributed by atoms with Crippen molar-refractivity contribution in [2.75, 3.05) is 23.8 Å². The van der Waals surface area contributed by atoms with Gasteiger partial charge in [-0.15, -0.1) is 0 Å². The summed E-state index contributed by atoms with van der Waals surface area (Å²) in [6.45, 7) is -0.671. The minimum absolute atomic E-state index is 0.0294. The van der Waals surface area contributed by atoms with Crippen molar-refractivity contribution in [3.63, 3.8) is 0 Å². The number of hydrogen-bond donors (Lipinski definition) is 4. The molecule has 8 nitrogen and oxygen atoms in total. The Hall–Kier alpha value is -2.34. The number of nitro benzene ring substituents is 1. The molecule has 0 aliphatic heterocycles. The molecule has 0 bridgehead atoms. The van der Waals surface area contributed by atoms with E-state index >= 15 is 0 Å². The summed E-state index contributed by atoms with van der Waals surface area (Å²) < 4.78 is 25.9. The lowest BCUT2D eigenvalue weighted by Crippen LogP contribution is -2.23. The summed E-state index contributed by atoms with van der Waals surface area (Å²) in [5.41, 5.74) is 0.161. The number of carbonyl (C=O) groups excluding carboxylic acids is 1. The average Bonchev–Trinajstić information content (AvgIpc) is 2.66. The molecule has 162 valence electrons. The van der Waals surface area contributed by atoms with Crippen molar-refractivity contribution in [2.45, 2.75) is 17.9 Å². The van der Waals surface area contributed by atoms with Crippen LogP contribution in [0.3, 0.4) is 0 Å². The summed E-state index contributed by atoms with van der Waals surface area (Å²) in [7, 11) is 0. The molecule has 0 radical (unpaired) electrons. The fraction of sp³-hybridized carbons (Fsp3) is 0.278. The number of anilines is 2. The van der Waals surface area contributed by atoms with E-state index in [9.17, 15) is 28.8 Å². The first-order valence-corrected chi connectivity index (χ1v) is 9.65. The SMILES string of the molecule is O=C(Nc1ccc(CC(F)(F)Cl)cc1)c1cc(Br)c(NC[C@H](O)CO)c([N+](=O)[O-])c1. The van der Waals surface area contributed by atoms with Crippen LogP contribution in [0.2, 0.25) is 0 Å². The molecule has 12 heteroatoms. The Morgan fingerprint density at radius 2 is 1.93 bits per heavy atom.